The van der Waals surface area contributed by atoms with Crippen molar-refractivity contribution in [3.05, 3.63) is 60.0 Å². The Morgan fingerprint density at radius 1 is 0.970 bits per heavy atom. The van der Waals surface area contributed by atoms with E-state index in [0.29, 0.717) is 49.6 Å². The SMILES string of the molecule is CCOCCO[C@@H](Cc1ccc(OCCOc2ccc(-c3noc(C)n3)cc2)cc1)C(=O)O. The van der Waals surface area contributed by atoms with Gasteiger partial charge in [0.2, 0.25) is 11.7 Å². The molecule has 33 heavy (non-hydrogen) atoms. The third-order valence-corrected chi connectivity index (χ3v) is 4.63. The quantitative estimate of drug-likeness (QED) is 0.364. The van der Waals surface area contributed by atoms with Gasteiger partial charge in [-0.3, -0.25) is 0 Å². The zero-order valence-corrected chi connectivity index (χ0v) is 18.7. The molecule has 0 aliphatic rings. The van der Waals surface area contributed by atoms with Crippen molar-refractivity contribution in [2.75, 3.05) is 33.0 Å². The van der Waals surface area contributed by atoms with E-state index < -0.39 is 12.1 Å². The maximum Gasteiger partial charge on any atom is 0.333 e. The summed E-state index contributed by atoms with van der Waals surface area (Å²) in [6.45, 7) is 5.54. The number of carboxylic acid groups (broad SMARTS) is 1. The van der Waals surface area contributed by atoms with Crippen molar-refractivity contribution >= 4 is 5.97 Å². The number of hydrogen-bond donors (Lipinski definition) is 1. The van der Waals surface area contributed by atoms with Crippen LogP contribution >= 0.6 is 0 Å². The normalized spacial score (nSPS) is 11.8. The zero-order chi connectivity index (χ0) is 23.5. The number of nitrogens with zero attached hydrogens (tertiary/aromatic N) is 2. The number of carbonyl (C=O) groups is 1. The average Bonchev–Trinajstić information content (AvgIpc) is 3.26. The van der Waals surface area contributed by atoms with E-state index in [1.54, 1.807) is 19.1 Å². The van der Waals surface area contributed by atoms with Crippen molar-refractivity contribution in [1.29, 1.82) is 0 Å². The second-order valence-electron chi connectivity index (χ2n) is 7.10. The summed E-state index contributed by atoms with van der Waals surface area (Å²) >= 11 is 0. The molecule has 0 saturated heterocycles. The summed E-state index contributed by atoms with van der Waals surface area (Å²) in [6, 6.07) is 14.7. The molecule has 3 aromatic rings. The van der Waals surface area contributed by atoms with Gasteiger partial charge in [0.15, 0.2) is 6.10 Å². The Morgan fingerprint density at radius 2 is 1.61 bits per heavy atom. The number of rotatable bonds is 14. The van der Waals surface area contributed by atoms with Gasteiger partial charge in [-0.2, -0.15) is 4.98 Å². The van der Waals surface area contributed by atoms with Crippen molar-refractivity contribution in [3.63, 3.8) is 0 Å². The van der Waals surface area contributed by atoms with Gasteiger partial charge in [-0.1, -0.05) is 17.3 Å². The van der Waals surface area contributed by atoms with E-state index in [-0.39, 0.29) is 13.0 Å². The van der Waals surface area contributed by atoms with E-state index in [4.69, 9.17) is 23.5 Å². The molecule has 0 unspecified atom stereocenters. The first-order chi connectivity index (χ1) is 16.0. The summed E-state index contributed by atoms with van der Waals surface area (Å²) in [5, 5.41) is 13.2. The number of aromatic nitrogens is 2. The van der Waals surface area contributed by atoms with Gasteiger partial charge in [0.1, 0.15) is 24.7 Å². The number of aryl methyl sites for hydroxylation is 1. The number of aliphatic carboxylic acids is 1. The molecule has 9 nitrogen and oxygen atoms in total. The minimum absolute atomic E-state index is 0.242. The van der Waals surface area contributed by atoms with Crippen LogP contribution in [0.25, 0.3) is 11.4 Å². The largest absolute Gasteiger partial charge is 0.490 e. The Hall–Kier alpha value is -3.43. The minimum Gasteiger partial charge on any atom is -0.490 e. The summed E-state index contributed by atoms with van der Waals surface area (Å²) < 4.78 is 27.0. The first-order valence-corrected chi connectivity index (χ1v) is 10.7. The van der Waals surface area contributed by atoms with E-state index in [0.717, 1.165) is 11.1 Å². The van der Waals surface area contributed by atoms with Gasteiger partial charge in [-0.25, -0.2) is 4.79 Å². The number of hydrogen-bond acceptors (Lipinski definition) is 8. The Labute approximate surface area is 192 Å². The lowest BCUT2D eigenvalue weighted by molar-refractivity contribution is -0.151. The molecule has 3 rings (SSSR count). The number of ether oxygens (including phenoxy) is 4. The second-order valence-corrected chi connectivity index (χ2v) is 7.10. The molecule has 0 saturated carbocycles. The van der Waals surface area contributed by atoms with E-state index in [1.807, 2.05) is 43.3 Å². The summed E-state index contributed by atoms with van der Waals surface area (Å²) in [4.78, 5) is 15.6. The molecule has 0 bridgehead atoms. The molecule has 2 aromatic carbocycles. The Balaban J connectivity index is 1.39. The first-order valence-electron chi connectivity index (χ1n) is 10.7. The number of carboxylic acids is 1. The third kappa shape index (κ3) is 7.89. The lowest BCUT2D eigenvalue weighted by Crippen LogP contribution is -2.28. The minimum atomic E-state index is -0.996. The average molecular weight is 456 g/mol. The monoisotopic (exact) mass is 456 g/mol. The highest BCUT2D eigenvalue weighted by atomic mass is 16.5. The summed E-state index contributed by atoms with van der Waals surface area (Å²) in [6.07, 6.45) is -0.648. The molecule has 1 heterocycles. The van der Waals surface area contributed by atoms with E-state index in [9.17, 15) is 9.90 Å². The Kier molecular flexibility index (Phi) is 9.22. The highest BCUT2D eigenvalue weighted by Crippen LogP contribution is 2.20. The maximum absolute atomic E-state index is 11.4. The van der Waals surface area contributed by atoms with Crippen LogP contribution in [0.4, 0.5) is 0 Å². The lowest BCUT2D eigenvalue weighted by Gasteiger charge is -2.14. The molecule has 0 amide bonds. The van der Waals surface area contributed by atoms with Gasteiger partial charge in [0, 0.05) is 25.5 Å². The molecule has 1 N–H and O–H groups in total. The van der Waals surface area contributed by atoms with E-state index in [1.165, 1.54) is 0 Å². The third-order valence-electron chi connectivity index (χ3n) is 4.63. The molecule has 0 aliphatic heterocycles. The fraction of sp³-hybridized carbons (Fsp3) is 0.375. The molecule has 0 fully saturated rings. The van der Waals surface area contributed by atoms with Crippen LogP contribution in [0.3, 0.4) is 0 Å². The smallest absolute Gasteiger partial charge is 0.333 e. The zero-order valence-electron chi connectivity index (χ0n) is 18.7. The van der Waals surface area contributed by atoms with Gasteiger partial charge in [0.25, 0.3) is 0 Å². The molecule has 0 aliphatic carbocycles. The van der Waals surface area contributed by atoms with Crippen LogP contribution in [-0.4, -0.2) is 60.4 Å². The van der Waals surface area contributed by atoms with Gasteiger partial charge in [-0.15, -0.1) is 0 Å². The molecular formula is C24H28N2O7. The standard InChI is InChI=1S/C24H28N2O7/c1-3-29-12-13-32-22(24(27)28)16-18-4-8-20(9-5-18)30-14-15-31-21-10-6-19(7-11-21)23-25-17(2)33-26-23/h4-11,22H,3,12-16H2,1-2H3,(H,27,28)/t22-/m0/s1. The highest BCUT2D eigenvalue weighted by Gasteiger charge is 2.18. The molecule has 1 aromatic heterocycles. The second kappa shape index (κ2) is 12.6. The van der Waals surface area contributed by atoms with Gasteiger partial charge < -0.3 is 28.6 Å². The molecule has 0 radical (unpaired) electrons. The van der Waals surface area contributed by atoms with Crippen LogP contribution in [-0.2, 0) is 20.7 Å². The van der Waals surface area contributed by atoms with E-state index in [2.05, 4.69) is 10.1 Å². The summed E-state index contributed by atoms with van der Waals surface area (Å²) in [7, 11) is 0. The van der Waals surface area contributed by atoms with E-state index >= 15 is 0 Å². The van der Waals surface area contributed by atoms with Crippen molar-refractivity contribution in [3.8, 4) is 22.9 Å². The van der Waals surface area contributed by atoms with Crippen LogP contribution in [0, 0.1) is 6.92 Å². The van der Waals surface area contributed by atoms with Gasteiger partial charge >= 0.3 is 5.97 Å². The molecular weight excluding hydrogens is 428 g/mol. The van der Waals surface area contributed by atoms with Crippen molar-refractivity contribution in [2.45, 2.75) is 26.4 Å². The van der Waals surface area contributed by atoms with Crippen LogP contribution in [0.15, 0.2) is 53.1 Å². The topological polar surface area (TPSA) is 113 Å². The van der Waals surface area contributed by atoms with Gasteiger partial charge in [-0.05, 0) is 48.9 Å². The lowest BCUT2D eigenvalue weighted by atomic mass is 10.1. The Bertz CT molecular complexity index is 987. The van der Waals surface area contributed by atoms with Crippen molar-refractivity contribution in [1.82, 2.24) is 10.1 Å². The van der Waals surface area contributed by atoms with Crippen molar-refractivity contribution < 1.29 is 33.4 Å². The van der Waals surface area contributed by atoms with Crippen LogP contribution < -0.4 is 9.47 Å². The van der Waals surface area contributed by atoms with Gasteiger partial charge in [0.05, 0.1) is 13.2 Å². The molecule has 9 heteroatoms. The first kappa shape index (κ1) is 24.2. The number of benzene rings is 2. The van der Waals surface area contributed by atoms with Crippen LogP contribution in [0.2, 0.25) is 0 Å². The fourth-order valence-electron chi connectivity index (χ4n) is 2.98. The predicted octanol–water partition coefficient (Wildman–Crippen LogP) is 3.55. The Morgan fingerprint density at radius 3 is 2.15 bits per heavy atom. The van der Waals surface area contributed by atoms with Crippen LogP contribution in [0.1, 0.15) is 18.4 Å². The molecule has 1 atom stereocenters. The van der Waals surface area contributed by atoms with Crippen molar-refractivity contribution in [2.24, 2.45) is 0 Å². The molecule has 176 valence electrons. The predicted molar refractivity (Wildman–Crippen MR) is 119 cm³/mol. The summed E-state index contributed by atoms with van der Waals surface area (Å²) in [5.74, 6) is 1.45. The fourth-order valence-corrected chi connectivity index (χ4v) is 2.98. The highest BCUT2D eigenvalue weighted by molar-refractivity contribution is 5.72. The maximum atomic E-state index is 11.4. The van der Waals surface area contributed by atoms with Crippen LogP contribution in [0.5, 0.6) is 11.5 Å². The summed E-state index contributed by atoms with van der Waals surface area (Å²) in [5.41, 5.74) is 1.69. The molecule has 0 spiro atoms.